The first kappa shape index (κ1) is 19.3. The number of anilines is 1. The van der Waals surface area contributed by atoms with E-state index < -0.39 is 0 Å². The molecule has 152 valence electrons. The zero-order chi connectivity index (χ0) is 20.6. The molecule has 4 rings (SSSR count). The summed E-state index contributed by atoms with van der Waals surface area (Å²) < 4.78 is 5.38. The molecule has 1 fully saturated rings. The second-order valence-electron chi connectivity index (χ2n) is 8.50. The van der Waals surface area contributed by atoms with Crippen LogP contribution in [0.1, 0.15) is 58.3 Å². The van der Waals surface area contributed by atoms with Crippen LogP contribution in [0, 0.1) is 0 Å². The molecule has 1 amide bonds. The van der Waals surface area contributed by atoms with Crippen molar-refractivity contribution in [3.63, 3.8) is 0 Å². The standard InChI is InChI=1S/C21H26N6O2/c1-13(19-25-20(26-29-19)21(2,3)4)24-18(28)16-10-7-11-27(16)17-14-8-5-6-9-15(14)22-12-23-17/h5-6,8-9,12-13,16H,7,10-11H2,1-4H3,(H,24,28). The van der Waals surface area contributed by atoms with Gasteiger partial charge < -0.3 is 14.7 Å². The van der Waals surface area contributed by atoms with Crippen LogP contribution in [0.2, 0.25) is 0 Å². The second-order valence-corrected chi connectivity index (χ2v) is 8.50. The van der Waals surface area contributed by atoms with Crippen LogP contribution in [0.4, 0.5) is 5.82 Å². The molecule has 0 bridgehead atoms. The Morgan fingerprint density at radius 2 is 2.07 bits per heavy atom. The SMILES string of the molecule is CC(NC(=O)C1CCCN1c1ncnc2ccccc12)c1nc(C(C)(C)C)no1. The quantitative estimate of drug-likeness (QED) is 0.726. The summed E-state index contributed by atoms with van der Waals surface area (Å²) in [5.74, 6) is 1.78. The lowest BCUT2D eigenvalue weighted by molar-refractivity contribution is -0.123. The summed E-state index contributed by atoms with van der Waals surface area (Å²) in [6.07, 6.45) is 3.26. The summed E-state index contributed by atoms with van der Waals surface area (Å²) in [6.45, 7) is 8.70. The largest absolute Gasteiger partial charge is 0.344 e. The maximum absolute atomic E-state index is 13.1. The number of fused-ring (bicyclic) bond motifs is 1. The smallest absolute Gasteiger partial charge is 0.248 e. The first-order valence-corrected chi connectivity index (χ1v) is 9.95. The van der Waals surface area contributed by atoms with Gasteiger partial charge in [-0.25, -0.2) is 9.97 Å². The lowest BCUT2D eigenvalue weighted by Crippen LogP contribution is -2.44. The number of carbonyl (C=O) groups excluding carboxylic acids is 1. The fourth-order valence-electron chi connectivity index (χ4n) is 3.60. The number of hydrogen-bond donors (Lipinski definition) is 1. The van der Waals surface area contributed by atoms with Crippen molar-refractivity contribution in [2.75, 3.05) is 11.4 Å². The molecule has 8 heteroatoms. The van der Waals surface area contributed by atoms with E-state index in [1.807, 2.05) is 52.0 Å². The van der Waals surface area contributed by atoms with Gasteiger partial charge in [-0.15, -0.1) is 0 Å². The van der Waals surface area contributed by atoms with Gasteiger partial charge in [0.15, 0.2) is 5.82 Å². The normalized spacial score (nSPS) is 18.2. The van der Waals surface area contributed by atoms with Gasteiger partial charge in [-0.05, 0) is 31.9 Å². The number of aromatic nitrogens is 4. The van der Waals surface area contributed by atoms with Crippen molar-refractivity contribution in [2.45, 2.75) is 58.0 Å². The Balaban J connectivity index is 1.53. The molecule has 3 heterocycles. The van der Waals surface area contributed by atoms with Crippen LogP contribution in [-0.2, 0) is 10.2 Å². The molecule has 0 saturated carbocycles. The van der Waals surface area contributed by atoms with Gasteiger partial charge in [0.1, 0.15) is 24.2 Å². The molecule has 0 spiro atoms. The molecule has 2 atom stereocenters. The van der Waals surface area contributed by atoms with Crippen LogP contribution < -0.4 is 10.2 Å². The third kappa shape index (κ3) is 3.79. The Labute approximate surface area is 169 Å². The van der Waals surface area contributed by atoms with E-state index in [0.29, 0.717) is 11.7 Å². The van der Waals surface area contributed by atoms with Crippen LogP contribution in [0.3, 0.4) is 0 Å². The number of carbonyl (C=O) groups is 1. The summed E-state index contributed by atoms with van der Waals surface area (Å²) in [6, 6.07) is 7.20. The summed E-state index contributed by atoms with van der Waals surface area (Å²) in [5.41, 5.74) is 0.666. The van der Waals surface area contributed by atoms with Gasteiger partial charge in [-0.1, -0.05) is 38.1 Å². The first-order chi connectivity index (χ1) is 13.8. The maximum atomic E-state index is 13.1. The average Bonchev–Trinajstić information content (AvgIpc) is 3.37. The highest BCUT2D eigenvalue weighted by atomic mass is 16.5. The number of nitrogens with zero attached hydrogens (tertiary/aromatic N) is 5. The highest BCUT2D eigenvalue weighted by Gasteiger charge is 2.34. The lowest BCUT2D eigenvalue weighted by atomic mass is 9.96. The minimum atomic E-state index is -0.365. The summed E-state index contributed by atoms with van der Waals surface area (Å²) >= 11 is 0. The molecular formula is C21H26N6O2. The van der Waals surface area contributed by atoms with Crippen molar-refractivity contribution in [3.8, 4) is 0 Å². The van der Waals surface area contributed by atoms with E-state index in [2.05, 4.69) is 30.3 Å². The molecular weight excluding hydrogens is 368 g/mol. The number of amides is 1. The van der Waals surface area contributed by atoms with Gasteiger partial charge in [0.05, 0.1) is 5.52 Å². The van der Waals surface area contributed by atoms with Crippen LogP contribution >= 0.6 is 0 Å². The summed E-state index contributed by atoms with van der Waals surface area (Å²) in [5, 5.41) is 8.03. The van der Waals surface area contributed by atoms with Gasteiger partial charge in [-0.2, -0.15) is 4.98 Å². The number of hydrogen-bond acceptors (Lipinski definition) is 7. The topological polar surface area (TPSA) is 97.0 Å². The third-order valence-electron chi connectivity index (χ3n) is 5.19. The summed E-state index contributed by atoms with van der Waals surface area (Å²) in [7, 11) is 0. The van der Waals surface area contributed by atoms with Crippen molar-refractivity contribution >= 4 is 22.6 Å². The van der Waals surface area contributed by atoms with E-state index in [-0.39, 0.29) is 23.4 Å². The van der Waals surface area contributed by atoms with Crippen molar-refractivity contribution in [2.24, 2.45) is 0 Å². The minimum Gasteiger partial charge on any atom is -0.344 e. The first-order valence-electron chi connectivity index (χ1n) is 9.95. The molecule has 3 aromatic rings. The second kappa shape index (κ2) is 7.42. The molecule has 1 aliphatic rings. The minimum absolute atomic E-state index is 0.0618. The fourth-order valence-corrected chi connectivity index (χ4v) is 3.60. The molecule has 2 unspecified atom stereocenters. The Morgan fingerprint density at radius 1 is 1.28 bits per heavy atom. The van der Waals surface area contributed by atoms with Crippen LogP contribution in [-0.4, -0.2) is 38.6 Å². The third-order valence-corrected chi connectivity index (χ3v) is 5.19. The summed E-state index contributed by atoms with van der Waals surface area (Å²) in [4.78, 5) is 28.4. The average molecular weight is 394 g/mol. The number of benzene rings is 1. The number of nitrogens with one attached hydrogen (secondary N) is 1. The van der Waals surface area contributed by atoms with Gasteiger partial charge in [0.25, 0.3) is 0 Å². The zero-order valence-corrected chi connectivity index (χ0v) is 17.2. The van der Waals surface area contributed by atoms with E-state index in [1.54, 1.807) is 6.33 Å². The van der Waals surface area contributed by atoms with Gasteiger partial charge in [0, 0.05) is 17.3 Å². The van der Waals surface area contributed by atoms with E-state index in [4.69, 9.17) is 4.52 Å². The molecule has 8 nitrogen and oxygen atoms in total. The monoisotopic (exact) mass is 394 g/mol. The molecule has 0 aliphatic carbocycles. The molecule has 1 N–H and O–H groups in total. The predicted octanol–water partition coefficient (Wildman–Crippen LogP) is 3.16. The van der Waals surface area contributed by atoms with Crippen LogP contribution in [0.25, 0.3) is 10.9 Å². The Hall–Kier alpha value is -3.03. The molecule has 0 radical (unpaired) electrons. The highest BCUT2D eigenvalue weighted by molar-refractivity contribution is 5.93. The van der Waals surface area contributed by atoms with E-state index >= 15 is 0 Å². The van der Waals surface area contributed by atoms with E-state index in [9.17, 15) is 4.79 Å². The molecule has 1 saturated heterocycles. The molecule has 29 heavy (non-hydrogen) atoms. The van der Waals surface area contributed by atoms with Gasteiger partial charge >= 0.3 is 0 Å². The van der Waals surface area contributed by atoms with Crippen molar-refractivity contribution in [3.05, 3.63) is 42.3 Å². The van der Waals surface area contributed by atoms with Crippen molar-refractivity contribution in [1.29, 1.82) is 0 Å². The fraction of sp³-hybridized carbons (Fsp3) is 0.476. The number of para-hydroxylation sites is 1. The van der Waals surface area contributed by atoms with Crippen LogP contribution in [0.15, 0.2) is 35.1 Å². The van der Waals surface area contributed by atoms with Gasteiger partial charge in [0.2, 0.25) is 11.8 Å². The molecule has 1 aliphatic heterocycles. The lowest BCUT2D eigenvalue weighted by Gasteiger charge is -2.26. The van der Waals surface area contributed by atoms with Crippen molar-refractivity contribution in [1.82, 2.24) is 25.4 Å². The Morgan fingerprint density at radius 3 is 2.83 bits per heavy atom. The number of rotatable bonds is 4. The Bertz CT molecular complexity index is 1020. The van der Waals surface area contributed by atoms with Gasteiger partial charge in [-0.3, -0.25) is 4.79 Å². The van der Waals surface area contributed by atoms with Crippen molar-refractivity contribution < 1.29 is 9.32 Å². The van der Waals surface area contributed by atoms with E-state index in [1.165, 1.54) is 0 Å². The maximum Gasteiger partial charge on any atom is 0.248 e. The predicted molar refractivity (Wildman–Crippen MR) is 109 cm³/mol. The molecule has 2 aromatic heterocycles. The Kier molecular flexibility index (Phi) is 4.94. The van der Waals surface area contributed by atoms with Crippen LogP contribution in [0.5, 0.6) is 0 Å². The van der Waals surface area contributed by atoms with E-state index in [0.717, 1.165) is 36.1 Å². The highest BCUT2D eigenvalue weighted by Crippen LogP contribution is 2.30. The zero-order valence-electron chi connectivity index (χ0n) is 17.2. The molecule has 1 aromatic carbocycles.